The van der Waals surface area contributed by atoms with E-state index in [1.165, 1.54) is 38.5 Å². The predicted octanol–water partition coefficient (Wildman–Crippen LogP) is 4.37. The Kier molecular flexibility index (Phi) is 3.32. The van der Waals surface area contributed by atoms with Crippen molar-refractivity contribution in [3.8, 4) is 0 Å². The molecule has 0 spiro atoms. The lowest BCUT2D eigenvalue weighted by Gasteiger charge is -2.65. The number of ether oxygens (including phenoxy) is 1. The molecule has 0 saturated heterocycles. The fourth-order valence-corrected chi connectivity index (χ4v) is 6.61. The van der Waals surface area contributed by atoms with E-state index < -0.39 is 0 Å². The Bertz CT molecular complexity index is 394. The molecular formula is C18H30O2. The molecule has 2 heteroatoms. The second kappa shape index (κ2) is 4.56. The highest BCUT2D eigenvalue weighted by Crippen LogP contribution is 2.70. The van der Waals surface area contributed by atoms with Crippen molar-refractivity contribution in [2.24, 2.45) is 22.2 Å². The molecule has 0 aliphatic heterocycles. The van der Waals surface area contributed by atoms with Gasteiger partial charge in [0.2, 0.25) is 0 Å². The third kappa shape index (κ3) is 2.68. The van der Waals surface area contributed by atoms with Gasteiger partial charge in [-0.2, -0.15) is 0 Å². The summed E-state index contributed by atoms with van der Waals surface area (Å²) in [5.41, 5.74) is 1.32. The van der Waals surface area contributed by atoms with Gasteiger partial charge in [0.25, 0.3) is 0 Å². The molecule has 0 amide bonds. The highest BCUT2D eigenvalue weighted by atomic mass is 16.5. The maximum Gasteiger partial charge on any atom is 0.159 e. The zero-order valence-corrected chi connectivity index (χ0v) is 13.6. The van der Waals surface area contributed by atoms with E-state index in [1.54, 1.807) is 0 Å². The van der Waals surface area contributed by atoms with Gasteiger partial charge in [-0.05, 0) is 74.5 Å². The molecule has 4 bridgehead atoms. The average molecular weight is 278 g/mol. The van der Waals surface area contributed by atoms with Crippen molar-refractivity contribution >= 4 is 5.78 Å². The molecule has 4 rings (SSSR count). The molecule has 0 aromatic carbocycles. The summed E-state index contributed by atoms with van der Waals surface area (Å²) in [5, 5.41) is 0. The second-order valence-corrected chi connectivity index (χ2v) is 9.21. The van der Waals surface area contributed by atoms with Crippen molar-refractivity contribution in [3.05, 3.63) is 0 Å². The summed E-state index contributed by atoms with van der Waals surface area (Å²) in [7, 11) is 0. The first kappa shape index (κ1) is 14.6. The van der Waals surface area contributed by atoms with Crippen LogP contribution in [-0.2, 0) is 9.53 Å². The summed E-state index contributed by atoms with van der Waals surface area (Å²) in [6.45, 7) is 9.26. The van der Waals surface area contributed by atoms with Crippen LogP contribution in [0.25, 0.3) is 0 Å². The van der Waals surface area contributed by atoms with Gasteiger partial charge in [-0.3, -0.25) is 4.79 Å². The van der Waals surface area contributed by atoms with Crippen molar-refractivity contribution in [2.75, 3.05) is 6.61 Å². The largest absolute Gasteiger partial charge is 0.371 e. The summed E-state index contributed by atoms with van der Waals surface area (Å²) in [5.74, 6) is 1.20. The quantitative estimate of drug-likeness (QED) is 0.746. The first-order valence-corrected chi connectivity index (χ1v) is 8.35. The van der Waals surface area contributed by atoms with Crippen LogP contribution in [0.3, 0.4) is 0 Å². The summed E-state index contributed by atoms with van der Waals surface area (Å²) in [6.07, 6.45) is 8.97. The molecule has 20 heavy (non-hydrogen) atoms. The third-order valence-corrected chi connectivity index (χ3v) is 5.89. The minimum atomic E-state index is 0.158. The molecule has 0 heterocycles. The summed E-state index contributed by atoms with van der Waals surface area (Å²) in [4.78, 5) is 12.3. The number of ketones is 1. The Morgan fingerprint density at radius 1 is 1.10 bits per heavy atom. The number of Topliss-reactive ketones (excluding diaryl/α,β-unsaturated/α-hetero) is 1. The van der Waals surface area contributed by atoms with E-state index in [4.69, 9.17) is 4.74 Å². The lowest BCUT2D eigenvalue weighted by atomic mass is 9.39. The zero-order valence-electron chi connectivity index (χ0n) is 13.6. The third-order valence-electron chi connectivity index (χ3n) is 5.89. The average Bonchev–Trinajstić information content (AvgIpc) is 2.20. The fourth-order valence-electron chi connectivity index (χ4n) is 6.61. The van der Waals surface area contributed by atoms with Gasteiger partial charge in [0.15, 0.2) is 5.78 Å². The summed E-state index contributed by atoms with van der Waals surface area (Å²) in [6, 6.07) is 0. The Balaban J connectivity index is 1.71. The van der Waals surface area contributed by atoms with E-state index in [9.17, 15) is 4.79 Å². The van der Waals surface area contributed by atoms with Gasteiger partial charge in [-0.1, -0.05) is 13.8 Å². The lowest BCUT2D eigenvalue weighted by molar-refractivity contribution is -0.157. The van der Waals surface area contributed by atoms with Crippen LogP contribution in [0, 0.1) is 22.2 Å². The second-order valence-electron chi connectivity index (χ2n) is 9.21. The number of rotatable bonds is 5. The molecule has 4 aliphatic carbocycles. The van der Waals surface area contributed by atoms with Crippen LogP contribution >= 0.6 is 0 Å². The summed E-state index contributed by atoms with van der Waals surface area (Å²) >= 11 is 0. The molecule has 2 unspecified atom stereocenters. The Morgan fingerprint density at radius 2 is 1.70 bits per heavy atom. The summed E-state index contributed by atoms with van der Waals surface area (Å²) < 4.78 is 5.52. The smallest absolute Gasteiger partial charge is 0.159 e. The lowest BCUT2D eigenvalue weighted by Crippen LogP contribution is -2.55. The van der Waals surface area contributed by atoms with Crippen LogP contribution in [-0.4, -0.2) is 18.5 Å². The molecule has 0 aromatic rings. The molecule has 4 aliphatic rings. The predicted molar refractivity (Wildman–Crippen MR) is 80.6 cm³/mol. The molecule has 4 saturated carbocycles. The molecule has 2 atom stereocenters. The fraction of sp³-hybridized carbons (Fsp3) is 0.944. The SMILES string of the molecule is CC(C)OCC(=O)CC12CC3CC(C)(CC(C)(C3)C1)C2. The van der Waals surface area contributed by atoms with Crippen molar-refractivity contribution in [1.82, 2.24) is 0 Å². The minimum Gasteiger partial charge on any atom is -0.371 e. The molecular weight excluding hydrogens is 248 g/mol. The van der Waals surface area contributed by atoms with Gasteiger partial charge in [0.05, 0.1) is 6.10 Å². The van der Waals surface area contributed by atoms with E-state index >= 15 is 0 Å². The Morgan fingerprint density at radius 3 is 2.20 bits per heavy atom. The minimum absolute atomic E-state index is 0.158. The van der Waals surface area contributed by atoms with Gasteiger partial charge in [0, 0.05) is 6.42 Å². The van der Waals surface area contributed by atoms with Gasteiger partial charge in [-0.25, -0.2) is 0 Å². The van der Waals surface area contributed by atoms with E-state index in [-0.39, 0.29) is 6.10 Å². The van der Waals surface area contributed by atoms with Crippen molar-refractivity contribution < 1.29 is 9.53 Å². The van der Waals surface area contributed by atoms with Gasteiger partial charge in [-0.15, -0.1) is 0 Å². The monoisotopic (exact) mass is 278 g/mol. The van der Waals surface area contributed by atoms with Crippen LogP contribution in [0.5, 0.6) is 0 Å². The zero-order chi connectivity index (χ0) is 14.6. The maximum atomic E-state index is 12.3. The number of carbonyl (C=O) groups is 1. The van der Waals surface area contributed by atoms with Crippen LogP contribution in [0.15, 0.2) is 0 Å². The standard InChI is InChI=1S/C18H30O2/c1-13(2)20-9-15(19)8-18-7-14-5-16(3,11-18)10-17(4,6-14)12-18/h13-14H,5-12H2,1-4H3. The van der Waals surface area contributed by atoms with Gasteiger partial charge < -0.3 is 4.74 Å². The molecule has 0 N–H and O–H groups in total. The van der Waals surface area contributed by atoms with Crippen molar-refractivity contribution in [3.63, 3.8) is 0 Å². The molecule has 114 valence electrons. The molecule has 0 radical (unpaired) electrons. The Hall–Kier alpha value is -0.370. The Labute approximate surface area is 123 Å². The van der Waals surface area contributed by atoms with Crippen LogP contribution in [0.1, 0.15) is 72.6 Å². The molecule has 2 nitrogen and oxygen atoms in total. The van der Waals surface area contributed by atoms with Crippen molar-refractivity contribution in [2.45, 2.75) is 78.7 Å². The van der Waals surface area contributed by atoms with E-state index in [0.29, 0.717) is 28.6 Å². The van der Waals surface area contributed by atoms with Crippen LogP contribution in [0.2, 0.25) is 0 Å². The molecule has 4 fully saturated rings. The van der Waals surface area contributed by atoms with E-state index in [2.05, 4.69) is 13.8 Å². The van der Waals surface area contributed by atoms with E-state index in [0.717, 1.165) is 12.3 Å². The van der Waals surface area contributed by atoms with Crippen LogP contribution in [0.4, 0.5) is 0 Å². The number of carbonyl (C=O) groups excluding carboxylic acids is 1. The number of hydrogen-bond acceptors (Lipinski definition) is 2. The van der Waals surface area contributed by atoms with Gasteiger partial charge in [0.1, 0.15) is 6.61 Å². The highest BCUT2D eigenvalue weighted by molar-refractivity contribution is 5.80. The topological polar surface area (TPSA) is 26.3 Å². The normalized spacial score (nSPS) is 46.1. The van der Waals surface area contributed by atoms with Crippen molar-refractivity contribution in [1.29, 1.82) is 0 Å². The highest BCUT2D eigenvalue weighted by Gasteiger charge is 2.60. The maximum absolute atomic E-state index is 12.3. The van der Waals surface area contributed by atoms with Gasteiger partial charge >= 0.3 is 0 Å². The first-order valence-electron chi connectivity index (χ1n) is 8.35. The molecule has 0 aromatic heterocycles. The van der Waals surface area contributed by atoms with E-state index in [1.807, 2.05) is 13.8 Å². The van der Waals surface area contributed by atoms with Crippen LogP contribution < -0.4 is 0 Å². The number of hydrogen-bond donors (Lipinski definition) is 0. The first-order chi connectivity index (χ1) is 9.22.